The van der Waals surface area contributed by atoms with E-state index >= 15 is 0 Å². The number of hydrogen-bond donors (Lipinski definition) is 1. The van der Waals surface area contributed by atoms with Gasteiger partial charge >= 0.3 is 0 Å². The monoisotopic (exact) mass is 306 g/mol. The van der Waals surface area contributed by atoms with Gasteiger partial charge in [-0.15, -0.1) is 0 Å². The Bertz CT molecular complexity index is 822. The quantitative estimate of drug-likeness (QED) is 0.713. The number of ketones is 1. The van der Waals surface area contributed by atoms with Gasteiger partial charge in [-0.1, -0.05) is 42.5 Å². The number of aromatic amines is 1. The van der Waals surface area contributed by atoms with E-state index in [-0.39, 0.29) is 5.78 Å². The molecule has 3 rings (SSSR count). The van der Waals surface area contributed by atoms with Gasteiger partial charge in [0.1, 0.15) is 11.4 Å². The predicted molar refractivity (Wildman–Crippen MR) is 90.6 cm³/mol. The number of H-pyrrole nitrogens is 1. The maximum Gasteiger partial charge on any atom is 0.164 e. The lowest BCUT2D eigenvalue weighted by molar-refractivity contribution is 0.101. The van der Waals surface area contributed by atoms with Crippen molar-refractivity contribution < 1.29 is 9.53 Å². The summed E-state index contributed by atoms with van der Waals surface area (Å²) in [5, 5.41) is 7.39. The Morgan fingerprint density at radius 3 is 2.52 bits per heavy atom. The van der Waals surface area contributed by atoms with Crippen LogP contribution in [0.5, 0.6) is 5.75 Å². The Balaban J connectivity index is 2.12. The number of carbonyl (C=O) groups is 1. The first-order valence-corrected chi connectivity index (χ1v) is 7.58. The molecule has 1 heterocycles. The summed E-state index contributed by atoms with van der Waals surface area (Å²) >= 11 is 0. The smallest absolute Gasteiger partial charge is 0.164 e. The minimum Gasteiger partial charge on any atom is -0.494 e. The van der Waals surface area contributed by atoms with Gasteiger partial charge in [0, 0.05) is 11.1 Å². The van der Waals surface area contributed by atoms with E-state index in [0.717, 1.165) is 22.6 Å². The van der Waals surface area contributed by atoms with Gasteiger partial charge in [-0.3, -0.25) is 9.89 Å². The van der Waals surface area contributed by atoms with Crippen LogP contribution in [0.1, 0.15) is 24.2 Å². The SMILES string of the molecule is CCOc1cccc(-c2n[nH]c(-c3ccccc3)c2C(C)=O)c1. The molecule has 0 unspecified atom stereocenters. The van der Waals surface area contributed by atoms with Crippen LogP contribution in [0.2, 0.25) is 0 Å². The molecule has 0 saturated carbocycles. The number of aromatic nitrogens is 2. The van der Waals surface area contributed by atoms with Gasteiger partial charge in [0.05, 0.1) is 17.9 Å². The van der Waals surface area contributed by atoms with Crippen molar-refractivity contribution in [2.24, 2.45) is 0 Å². The van der Waals surface area contributed by atoms with E-state index in [2.05, 4.69) is 10.2 Å². The summed E-state index contributed by atoms with van der Waals surface area (Å²) < 4.78 is 5.54. The van der Waals surface area contributed by atoms with Crippen molar-refractivity contribution in [1.82, 2.24) is 10.2 Å². The van der Waals surface area contributed by atoms with Gasteiger partial charge in [0.15, 0.2) is 5.78 Å². The van der Waals surface area contributed by atoms with Crippen molar-refractivity contribution in [3.8, 4) is 28.3 Å². The Kier molecular flexibility index (Phi) is 4.24. The van der Waals surface area contributed by atoms with Crippen LogP contribution in [0.4, 0.5) is 0 Å². The molecule has 0 amide bonds. The molecule has 2 aromatic carbocycles. The molecule has 116 valence electrons. The van der Waals surface area contributed by atoms with E-state index in [4.69, 9.17) is 4.74 Å². The highest BCUT2D eigenvalue weighted by Gasteiger charge is 2.19. The molecule has 23 heavy (non-hydrogen) atoms. The molecule has 0 aliphatic rings. The third kappa shape index (κ3) is 3.01. The molecule has 4 heteroatoms. The van der Waals surface area contributed by atoms with Crippen LogP contribution in [-0.2, 0) is 0 Å². The van der Waals surface area contributed by atoms with Crippen molar-refractivity contribution in [3.63, 3.8) is 0 Å². The zero-order valence-corrected chi connectivity index (χ0v) is 13.2. The second-order valence-electron chi connectivity index (χ2n) is 5.21. The number of benzene rings is 2. The summed E-state index contributed by atoms with van der Waals surface area (Å²) in [6.45, 7) is 4.10. The predicted octanol–water partition coefficient (Wildman–Crippen LogP) is 4.35. The molecule has 0 saturated heterocycles. The van der Waals surface area contributed by atoms with Gasteiger partial charge in [0.25, 0.3) is 0 Å². The number of hydrogen-bond acceptors (Lipinski definition) is 3. The highest BCUT2D eigenvalue weighted by Crippen LogP contribution is 2.32. The molecule has 0 aliphatic heterocycles. The molecular formula is C19H18N2O2. The van der Waals surface area contributed by atoms with Crippen molar-refractivity contribution in [1.29, 1.82) is 0 Å². The van der Waals surface area contributed by atoms with E-state index in [9.17, 15) is 4.79 Å². The highest BCUT2D eigenvalue weighted by atomic mass is 16.5. The molecule has 4 nitrogen and oxygen atoms in total. The first-order valence-electron chi connectivity index (χ1n) is 7.58. The third-order valence-corrected chi connectivity index (χ3v) is 3.60. The van der Waals surface area contributed by atoms with Crippen LogP contribution >= 0.6 is 0 Å². The van der Waals surface area contributed by atoms with Gasteiger partial charge < -0.3 is 4.74 Å². The van der Waals surface area contributed by atoms with Crippen LogP contribution in [0.3, 0.4) is 0 Å². The summed E-state index contributed by atoms with van der Waals surface area (Å²) in [7, 11) is 0. The number of nitrogens with one attached hydrogen (secondary N) is 1. The summed E-state index contributed by atoms with van der Waals surface area (Å²) in [5.74, 6) is 0.748. The second kappa shape index (κ2) is 6.48. The van der Waals surface area contributed by atoms with Crippen LogP contribution in [0, 0.1) is 0 Å². The van der Waals surface area contributed by atoms with Gasteiger partial charge in [0.2, 0.25) is 0 Å². The van der Waals surface area contributed by atoms with Crippen LogP contribution in [0.15, 0.2) is 54.6 Å². The normalized spacial score (nSPS) is 10.5. The fourth-order valence-corrected chi connectivity index (χ4v) is 2.61. The van der Waals surface area contributed by atoms with Gasteiger partial charge in [-0.2, -0.15) is 5.10 Å². The Labute approximate surface area is 135 Å². The number of nitrogens with zero attached hydrogens (tertiary/aromatic N) is 1. The molecule has 0 atom stereocenters. The lowest BCUT2D eigenvalue weighted by Gasteiger charge is -2.06. The van der Waals surface area contributed by atoms with E-state index < -0.39 is 0 Å². The van der Waals surface area contributed by atoms with Crippen LogP contribution in [-0.4, -0.2) is 22.6 Å². The summed E-state index contributed by atoms with van der Waals surface area (Å²) in [6.07, 6.45) is 0. The summed E-state index contributed by atoms with van der Waals surface area (Å²) in [4.78, 5) is 12.2. The standard InChI is InChI=1S/C19H18N2O2/c1-3-23-16-11-7-10-15(12-16)19-17(13(2)22)18(20-21-19)14-8-5-4-6-9-14/h4-12H,3H2,1-2H3,(H,20,21). The molecule has 0 bridgehead atoms. The van der Waals surface area contributed by atoms with E-state index in [1.807, 2.05) is 61.5 Å². The van der Waals surface area contributed by atoms with E-state index in [1.165, 1.54) is 0 Å². The van der Waals surface area contributed by atoms with Gasteiger partial charge in [-0.05, 0) is 26.0 Å². The number of rotatable bonds is 5. The second-order valence-corrected chi connectivity index (χ2v) is 5.21. The highest BCUT2D eigenvalue weighted by molar-refractivity contribution is 6.05. The molecular weight excluding hydrogens is 288 g/mol. The Hall–Kier alpha value is -2.88. The Morgan fingerprint density at radius 1 is 1.09 bits per heavy atom. The zero-order chi connectivity index (χ0) is 16.2. The summed E-state index contributed by atoms with van der Waals surface area (Å²) in [6, 6.07) is 17.4. The number of ether oxygens (including phenoxy) is 1. The fourth-order valence-electron chi connectivity index (χ4n) is 2.61. The largest absolute Gasteiger partial charge is 0.494 e. The lowest BCUT2D eigenvalue weighted by atomic mass is 9.99. The minimum atomic E-state index is -0.0191. The first kappa shape index (κ1) is 15.0. The molecule has 0 aliphatic carbocycles. The lowest BCUT2D eigenvalue weighted by Crippen LogP contribution is -1.97. The maximum atomic E-state index is 12.2. The van der Waals surface area contributed by atoms with E-state index in [1.54, 1.807) is 6.92 Å². The van der Waals surface area contributed by atoms with Gasteiger partial charge in [-0.25, -0.2) is 0 Å². The molecule has 1 aromatic heterocycles. The van der Waals surface area contributed by atoms with E-state index in [0.29, 0.717) is 17.9 Å². The number of carbonyl (C=O) groups excluding carboxylic acids is 1. The topological polar surface area (TPSA) is 55.0 Å². The molecule has 3 aromatic rings. The van der Waals surface area contributed by atoms with Crippen molar-refractivity contribution in [2.45, 2.75) is 13.8 Å². The van der Waals surface area contributed by atoms with Crippen LogP contribution < -0.4 is 4.74 Å². The average molecular weight is 306 g/mol. The van der Waals surface area contributed by atoms with Crippen molar-refractivity contribution in [3.05, 3.63) is 60.2 Å². The molecule has 0 fully saturated rings. The molecule has 0 radical (unpaired) electrons. The van der Waals surface area contributed by atoms with Crippen LogP contribution in [0.25, 0.3) is 22.5 Å². The Morgan fingerprint density at radius 2 is 1.83 bits per heavy atom. The average Bonchev–Trinajstić information content (AvgIpc) is 3.01. The summed E-state index contributed by atoms with van der Waals surface area (Å²) in [5.41, 5.74) is 3.80. The zero-order valence-electron chi connectivity index (χ0n) is 13.2. The maximum absolute atomic E-state index is 12.2. The number of Topliss-reactive ketones (excluding diaryl/α,β-unsaturated/α-hetero) is 1. The molecule has 0 spiro atoms. The van der Waals surface area contributed by atoms with Crippen molar-refractivity contribution >= 4 is 5.78 Å². The molecule has 1 N–H and O–H groups in total. The first-order chi connectivity index (χ1) is 11.2. The fraction of sp³-hybridized carbons (Fsp3) is 0.158. The third-order valence-electron chi connectivity index (χ3n) is 3.60. The minimum absolute atomic E-state index is 0.0191. The van der Waals surface area contributed by atoms with Crippen molar-refractivity contribution in [2.75, 3.05) is 6.61 Å².